The highest BCUT2D eigenvalue weighted by Crippen LogP contribution is 2.11. The molecule has 48 valence electrons. The number of hydrogen-bond acceptors (Lipinski definition) is 3. The monoisotopic (exact) mass is 127 g/mol. The Morgan fingerprint density at radius 3 is 3.56 bits per heavy atom. The number of carbonyl (C=O) groups is 1. The van der Waals surface area contributed by atoms with E-state index >= 15 is 0 Å². The normalized spacial score (nSPS) is 30.9. The third kappa shape index (κ3) is 0.526. The smallest absolute Gasteiger partial charge is 0.287 e. The van der Waals surface area contributed by atoms with Gasteiger partial charge in [0.25, 0.3) is 6.04 Å². The first-order valence-corrected chi connectivity index (χ1v) is 2.96. The van der Waals surface area contributed by atoms with Crippen LogP contribution in [0, 0.1) is 0 Å². The summed E-state index contributed by atoms with van der Waals surface area (Å²) >= 11 is 0. The lowest BCUT2D eigenvalue weighted by Crippen LogP contribution is -2.23. The molecule has 1 atom stereocenters. The maximum Gasteiger partial charge on any atom is 0.408 e. The van der Waals surface area contributed by atoms with Gasteiger partial charge in [-0.3, -0.25) is 4.84 Å². The van der Waals surface area contributed by atoms with Crippen LogP contribution in [0.25, 0.3) is 0 Å². The first-order valence-electron chi connectivity index (χ1n) is 2.96. The average molecular weight is 127 g/mol. The van der Waals surface area contributed by atoms with Crippen molar-refractivity contribution in [2.45, 2.75) is 18.9 Å². The molecule has 0 aromatic rings. The quantitative estimate of drug-likeness (QED) is 0.433. The average Bonchev–Trinajstić information content (AvgIpc) is 2.35. The highest BCUT2D eigenvalue weighted by Gasteiger charge is 2.42. The standard InChI is InChI=1S/C5H7N2O2/c8-5-4-2-1-3-7(4)6-9-5/h3-4,6H,1-2H2/q+1. The third-order valence-electron chi connectivity index (χ3n) is 1.63. The van der Waals surface area contributed by atoms with Crippen molar-refractivity contribution in [1.82, 2.24) is 5.59 Å². The topological polar surface area (TPSA) is 41.3 Å². The Labute approximate surface area is 52.0 Å². The van der Waals surface area contributed by atoms with Crippen molar-refractivity contribution in [2.75, 3.05) is 0 Å². The molecule has 0 radical (unpaired) electrons. The van der Waals surface area contributed by atoms with Crippen molar-refractivity contribution in [1.29, 1.82) is 0 Å². The lowest BCUT2D eigenvalue weighted by molar-refractivity contribution is -0.614. The molecule has 2 aliphatic rings. The van der Waals surface area contributed by atoms with Gasteiger partial charge in [-0.1, -0.05) is 4.68 Å². The summed E-state index contributed by atoms with van der Waals surface area (Å²) in [6, 6.07) is -0.0509. The second-order valence-electron chi connectivity index (χ2n) is 2.20. The van der Waals surface area contributed by atoms with Crippen LogP contribution < -0.4 is 5.59 Å². The van der Waals surface area contributed by atoms with Crippen molar-refractivity contribution >= 4 is 12.2 Å². The molecule has 2 aliphatic heterocycles. The first kappa shape index (κ1) is 4.78. The number of hydrogen-bond donors (Lipinski definition) is 1. The van der Waals surface area contributed by atoms with Crippen LogP contribution in [-0.4, -0.2) is 22.9 Å². The summed E-state index contributed by atoms with van der Waals surface area (Å²) in [5, 5.41) is 0. The summed E-state index contributed by atoms with van der Waals surface area (Å²) in [6.07, 6.45) is 3.77. The number of carbonyl (C=O) groups excluding carboxylic acids is 1. The maximum atomic E-state index is 10.7. The van der Waals surface area contributed by atoms with Gasteiger partial charge in [0.2, 0.25) is 0 Å². The molecule has 1 fully saturated rings. The van der Waals surface area contributed by atoms with E-state index in [1.54, 1.807) is 4.68 Å². The van der Waals surface area contributed by atoms with Crippen LogP contribution in [0.5, 0.6) is 0 Å². The van der Waals surface area contributed by atoms with Gasteiger partial charge in [-0.25, -0.2) is 4.79 Å². The number of nitrogens with one attached hydrogen (secondary N) is 1. The molecule has 4 heteroatoms. The van der Waals surface area contributed by atoms with Gasteiger partial charge in [0.1, 0.15) is 0 Å². The van der Waals surface area contributed by atoms with E-state index in [0.717, 1.165) is 12.8 Å². The molecule has 4 nitrogen and oxygen atoms in total. The van der Waals surface area contributed by atoms with Gasteiger partial charge in [0, 0.05) is 12.8 Å². The van der Waals surface area contributed by atoms with E-state index in [0.29, 0.717) is 0 Å². The van der Waals surface area contributed by atoms with Gasteiger partial charge in [-0.15, -0.1) is 0 Å². The van der Waals surface area contributed by atoms with Crippen LogP contribution >= 0.6 is 0 Å². The molecule has 0 amide bonds. The largest absolute Gasteiger partial charge is 0.408 e. The minimum absolute atomic E-state index is 0.0509. The highest BCUT2D eigenvalue weighted by atomic mass is 16.7. The number of nitrogens with zero attached hydrogens (tertiary/aromatic N) is 1. The summed E-state index contributed by atoms with van der Waals surface area (Å²) in [6.45, 7) is 0. The maximum absolute atomic E-state index is 10.7. The van der Waals surface area contributed by atoms with E-state index in [2.05, 4.69) is 10.4 Å². The molecule has 0 aliphatic carbocycles. The van der Waals surface area contributed by atoms with Gasteiger partial charge < -0.3 is 0 Å². The van der Waals surface area contributed by atoms with Crippen LogP contribution in [0.1, 0.15) is 12.8 Å². The van der Waals surface area contributed by atoms with Crippen molar-refractivity contribution in [3.63, 3.8) is 0 Å². The SMILES string of the molecule is O=C1ON[N+]2=CCCC12. The Kier molecular flexibility index (Phi) is 0.777. The fraction of sp³-hybridized carbons (Fsp3) is 0.600. The van der Waals surface area contributed by atoms with E-state index in [1.807, 2.05) is 6.21 Å². The minimum Gasteiger partial charge on any atom is -0.287 e. The van der Waals surface area contributed by atoms with Gasteiger partial charge in [-0.05, 0) is 5.59 Å². The van der Waals surface area contributed by atoms with Crippen LogP contribution in [0.3, 0.4) is 0 Å². The molecule has 1 saturated heterocycles. The van der Waals surface area contributed by atoms with Crippen molar-refractivity contribution < 1.29 is 14.3 Å². The molecule has 0 spiro atoms. The molecule has 9 heavy (non-hydrogen) atoms. The van der Waals surface area contributed by atoms with Crippen LogP contribution in [0.2, 0.25) is 0 Å². The Balaban J connectivity index is 2.29. The highest BCUT2D eigenvalue weighted by molar-refractivity contribution is 5.77. The molecule has 0 bridgehead atoms. The van der Waals surface area contributed by atoms with Crippen LogP contribution in [0.4, 0.5) is 0 Å². The molecule has 0 aromatic heterocycles. The Morgan fingerprint density at radius 2 is 2.78 bits per heavy atom. The van der Waals surface area contributed by atoms with Crippen molar-refractivity contribution in [3.8, 4) is 0 Å². The van der Waals surface area contributed by atoms with Crippen LogP contribution in [0.15, 0.2) is 0 Å². The molecular formula is C5H7N2O2+. The Morgan fingerprint density at radius 1 is 1.89 bits per heavy atom. The second-order valence-corrected chi connectivity index (χ2v) is 2.20. The number of hydrazone groups is 1. The molecule has 0 aromatic carbocycles. The lowest BCUT2D eigenvalue weighted by atomic mass is 10.2. The van der Waals surface area contributed by atoms with E-state index < -0.39 is 0 Å². The summed E-state index contributed by atoms with van der Waals surface area (Å²) in [5.41, 5.74) is 2.50. The van der Waals surface area contributed by atoms with Gasteiger partial charge >= 0.3 is 5.97 Å². The van der Waals surface area contributed by atoms with Crippen molar-refractivity contribution in [3.05, 3.63) is 0 Å². The molecular weight excluding hydrogens is 120 g/mol. The fourth-order valence-corrected chi connectivity index (χ4v) is 1.14. The third-order valence-corrected chi connectivity index (χ3v) is 1.63. The molecule has 2 rings (SSSR count). The van der Waals surface area contributed by atoms with Gasteiger partial charge in [-0.2, -0.15) is 0 Å². The number of rotatable bonds is 0. The molecule has 2 heterocycles. The first-order chi connectivity index (χ1) is 4.38. The zero-order chi connectivity index (χ0) is 6.27. The number of hydrazine groups is 1. The fourth-order valence-electron chi connectivity index (χ4n) is 1.14. The zero-order valence-corrected chi connectivity index (χ0v) is 4.83. The molecule has 0 saturated carbocycles. The molecule has 1 N–H and O–H groups in total. The van der Waals surface area contributed by atoms with E-state index in [1.165, 1.54) is 0 Å². The lowest BCUT2D eigenvalue weighted by Gasteiger charge is -1.84. The van der Waals surface area contributed by atoms with Crippen LogP contribution in [-0.2, 0) is 9.63 Å². The Bertz CT molecular complexity index is 187. The predicted molar refractivity (Wildman–Crippen MR) is 28.6 cm³/mol. The van der Waals surface area contributed by atoms with E-state index in [4.69, 9.17) is 0 Å². The molecule has 1 unspecified atom stereocenters. The number of fused-ring (bicyclic) bond motifs is 1. The summed E-state index contributed by atoms with van der Waals surface area (Å²) in [5.74, 6) is -0.163. The van der Waals surface area contributed by atoms with E-state index in [9.17, 15) is 4.79 Å². The van der Waals surface area contributed by atoms with E-state index in [-0.39, 0.29) is 12.0 Å². The van der Waals surface area contributed by atoms with Gasteiger partial charge in [0.15, 0.2) is 6.21 Å². The Hall–Kier alpha value is -1.06. The minimum atomic E-state index is -0.163. The zero-order valence-electron chi connectivity index (χ0n) is 4.83. The summed E-state index contributed by atoms with van der Waals surface area (Å²) < 4.78 is 1.71. The summed E-state index contributed by atoms with van der Waals surface area (Å²) in [4.78, 5) is 15.2. The predicted octanol–water partition coefficient (Wildman–Crippen LogP) is -0.792. The second kappa shape index (κ2) is 1.46. The van der Waals surface area contributed by atoms with Gasteiger partial charge in [0.05, 0.1) is 0 Å². The van der Waals surface area contributed by atoms with Crippen molar-refractivity contribution in [2.24, 2.45) is 0 Å². The summed E-state index contributed by atoms with van der Waals surface area (Å²) in [7, 11) is 0.